The standard InChI is InChI=1S/C38H29BrO/c39-30-21-24-33-34-23-19-28-15-7-9-17-32(28)37(34)38(40,36(33)25-30)35-18-10-8-16-29(35)20-22-31(26-11-3-1-4-12-26)27-13-5-2-6-14-27/h1-19,21,23-25,31,40H,20,22H2. The summed E-state index contributed by atoms with van der Waals surface area (Å²) in [4.78, 5) is 0. The molecule has 0 saturated carbocycles. The van der Waals surface area contributed by atoms with Gasteiger partial charge in [-0.05, 0) is 69.1 Å². The molecule has 6 aromatic carbocycles. The highest BCUT2D eigenvalue weighted by Gasteiger charge is 2.45. The molecule has 0 fully saturated rings. The number of rotatable bonds is 6. The predicted molar refractivity (Wildman–Crippen MR) is 169 cm³/mol. The average molecular weight is 582 g/mol. The van der Waals surface area contributed by atoms with E-state index in [9.17, 15) is 5.11 Å². The second-order valence-corrected chi connectivity index (χ2v) is 11.6. The summed E-state index contributed by atoms with van der Waals surface area (Å²) in [6, 6.07) is 49.1. The van der Waals surface area contributed by atoms with E-state index < -0.39 is 5.60 Å². The predicted octanol–water partition coefficient (Wildman–Crippen LogP) is 9.63. The van der Waals surface area contributed by atoms with Crippen LogP contribution in [0.25, 0.3) is 21.9 Å². The number of fused-ring (bicyclic) bond motifs is 5. The van der Waals surface area contributed by atoms with Gasteiger partial charge in [0, 0.05) is 21.5 Å². The minimum absolute atomic E-state index is 0.267. The summed E-state index contributed by atoms with van der Waals surface area (Å²) in [5.74, 6) is 0.267. The van der Waals surface area contributed by atoms with Crippen LogP contribution in [-0.4, -0.2) is 5.11 Å². The Labute approximate surface area is 243 Å². The molecule has 0 spiro atoms. The Bertz CT molecular complexity index is 1790. The lowest BCUT2D eigenvalue weighted by molar-refractivity contribution is 0.131. The van der Waals surface area contributed by atoms with E-state index in [1.807, 2.05) is 0 Å². The number of hydrogen-bond donors (Lipinski definition) is 1. The van der Waals surface area contributed by atoms with Gasteiger partial charge in [-0.15, -0.1) is 0 Å². The average Bonchev–Trinajstić information content (AvgIpc) is 3.27. The van der Waals surface area contributed by atoms with Crippen molar-refractivity contribution in [2.24, 2.45) is 0 Å². The highest BCUT2D eigenvalue weighted by Crippen LogP contribution is 2.54. The Kier molecular flexibility index (Phi) is 6.38. The zero-order chi connectivity index (χ0) is 27.1. The van der Waals surface area contributed by atoms with Crippen LogP contribution in [0.15, 0.2) is 144 Å². The molecule has 1 unspecified atom stereocenters. The van der Waals surface area contributed by atoms with Crippen LogP contribution >= 0.6 is 15.9 Å². The first-order chi connectivity index (χ1) is 19.6. The topological polar surface area (TPSA) is 20.2 Å². The molecule has 6 aromatic rings. The first-order valence-corrected chi connectivity index (χ1v) is 14.7. The molecule has 1 aliphatic carbocycles. The van der Waals surface area contributed by atoms with Crippen molar-refractivity contribution in [1.82, 2.24) is 0 Å². The molecular weight excluding hydrogens is 552 g/mol. The molecule has 1 nitrogen and oxygen atoms in total. The zero-order valence-corrected chi connectivity index (χ0v) is 23.7. The molecule has 1 aliphatic rings. The molecule has 0 saturated heterocycles. The summed E-state index contributed by atoms with van der Waals surface area (Å²) in [6.45, 7) is 0. The van der Waals surface area contributed by atoms with Crippen LogP contribution in [0.4, 0.5) is 0 Å². The van der Waals surface area contributed by atoms with Gasteiger partial charge in [-0.2, -0.15) is 0 Å². The number of halogens is 1. The molecule has 194 valence electrons. The van der Waals surface area contributed by atoms with Crippen LogP contribution in [0.1, 0.15) is 45.7 Å². The lowest BCUT2D eigenvalue weighted by Crippen LogP contribution is -2.28. The van der Waals surface area contributed by atoms with Crippen LogP contribution < -0.4 is 0 Å². The Morgan fingerprint density at radius 2 is 1.23 bits per heavy atom. The van der Waals surface area contributed by atoms with E-state index in [1.165, 1.54) is 16.7 Å². The van der Waals surface area contributed by atoms with E-state index in [1.54, 1.807) is 0 Å². The van der Waals surface area contributed by atoms with E-state index in [0.717, 1.165) is 55.9 Å². The van der Waals surface area contributed by atoms with Crippen LogP contribution in [0.5, 0.6) is 0 Å². The van der Waals surface area contributed by atoms with Gasteiger partial charge in [-0.3, -0.25) is 0 Å². The molecule has 0 aliphatic heterocycles. The molecule has 0 amide bonds. The van der Waals surface area contributed by atoms with Crippen LogP contribution in [0, 0.1) is 0 Å². The molecule has 1 atom stereocenters. The fourth-order valence-corrected chi connectivity index (χ4v) is 7.00. The van der Waals surface area contributed by atoms with Gasteiger partial charge in [-0.25, -0.2) is 0 Å². The summed E-state index contributed by atoms with van der Waals surface area (Å²) in [7, 11) is 0. The van der Waals surface area contributed by atoms with Gasteiger partial charge in [0.1, 0.15) is 5.60 Å². The quantitative estimate of drug-likeness (QED) is 0.208. The van der Waals surface area contributed by atoms with Crippen LogP contribution in [-0.2, 0) is 12.0 Å². The van der Waals surface area contributed by atoms with Gasteiger partial charge < -0.3 is 5.11 Å². The summed E-state index contributed by atoms with van der Waals surface area (Å²) in [6.07, 6.45) is 1.78. The maximum Gasteiger partial charge on any atom is 0.142 e. The zero-order valence-electron chi connectivity index (χ0n) is 22.1. The maximum absolute atomic E-state index is 13.0. The van der Waals surface area contributed by atoms with Crippen molar-refractivity contribution in [3.8, 4) is 11.1 Å². The minimum Gasteiger partial charge on any atom is -0.376 e. The van der Waals surface area contributed by atoms with Crippen molar-refractivity contribution in [3.05, 3.63) is 177 Å². The fourth-order valence-electron chi connectivity index (χ4n) is 6.64. The number of benzene rings is 6. The highest BCUT2D eigenvalue weighted by atomic mass is 79.9. The van der Waals surface area contributed by atoms with Crippen molar-refractivity contribution in [3.63, 3.8) is 0 Å². The van der Waals surface area contributed by atoms with Gasteiger partial charge in [0.2, 0.25) is 0 Å². The number of aryl methyl sites for hydroxylation is 1. The molecular formula is C38H29BrO. The highest BCUT2D eigenvalue weighted by molar-refractivity contribution is 9.10. The molecule has 0 radical (unpaired) electrons. The van der Waals surface area contributed by atoms with Gasteiger partial charge in [-0.1, -0.05) is 143 Å². The summed E-state index contributed by atoms with van der Waals surface area (Å²) >= 11 is 3.69. The third kappa shape index (κ3) is 4.11. The maximum atomic E-state index is 13.0. The van der Waals surface area contributed by atoms with E-state index >= 15 is 0 Å². The van der Waals surface area contributed by atoms with Crippen LogP contribution in [0.2, 0.25) is 0 Å². The van der Waals surface area contributed by atoms with Gasteiger partial charge >= 0.3 is 0 Å². The molecule has 0 bridgehead atoms. The lowest BCUT2D eigenvalue weighted by Gasteiger charge is -2.30. The van der Waals surface area contributed by atoms with Crippen molar-refractivity contribution >= 4 is 26.7 Å². The second kappa shape index (κ2) is 10.2. The summed E-state index contributed by atoms with van der Waals surface area (Å²) in [5.41, 5.74) is 7.61. The first kappa shape index (κ1) is 25.0. The monoisotopic (exact) mass is 580 g/mol. The van der Waals surface area contributed by atoms with Gasteiger partial charge in [0.05, 0.1) is 0 Å². The molecule has 40 heavy (non-hydrogen) atoms. The smallest absolute Gasteiger partial charge is 0.142 e. The van der Waals surface area contributed by atoms with Crippen LogP contribution in [0.3, 0.4) is 0 Å². The van der Waals surface area contributed by atoms with Gasteiger partial charge in [0.15, 0.2) is 0 Å². The molecule has 0 aromatic heterocycles. The second-order valence-electron chi connectivity index (χ2n) is 10.7. The third-order valence-corrected chi connectivity index (χ3v) is 8.96. The molecule has 1 N–H and O–H groups in total. The SMILES string of the molecule is OC1(c2ccccc2CCC(c2ccccc2)c2ccccc2)c2cc(Br)ccc2-c2ccc3ccccc3c21. The number of aliphatic hydroxyl groups is 1. The van der Waals surface area contributed by atoms with E-state index in [-0.39, 0.29) is 5.92 Å². The molecule has 0 heterocycles. The van der Waals surface area contributed by atoms with E-state index in [0.29, 0.717) is 0 Å². The Balaban J connectivity index is 1.38. The summed E-state index contributed by atoms with van der Waals surface area (Å²) in [5, 5.41) is 15.3. The first-order valence-electron chi connectivity index (χ1n) is 13.9. The van der Waals surface area contributed by atoms with E-state index in [2.05, 4.69) is 155 Å². The third-order valence-electron chi connectivity index (χ3n) is 8.47. The minimum atomic E-state index is -1.26. The van der Waals surface area contributed by atoms with Crippen molar-refractivity contribution in [1.29, 1.82) is 0 Å². The Morgan fingerprint density at radius 1 is 0.600 bits per heavy atom. The number of hydrogen-bond acceptors (Lipinski definition) is 1. The van der Waals surface area contributed by atoms with E-state index in [4.69, 9.17) is 0 Å². The fraction of sp³-hybridized carbons (Fsp3) is 0.105. The Hall–Kier alpha value is -3.98. The van der Waals surface area contributed by atoms with Crippen molar-refractivity contribution in [2.75, 3.05) is 0 Å². The Morgan fingerprint density at radius 3 is 1.98 bits per heavy atom. The van der Waals surface area contributed by atoms with Crippen molar-refractivity contribution in [2.45, 2.75) is 24.4 Å². The molecule has 2 heteroatoms. The molecule has 7 rings (SSSR count). The summed E-state index contributed by atoms with van der Waals surface area (Å²) < 4.78 is 0.965. The van der Waals surface area contributed by atoms with Crippen molar-refractivity contribution < 1.29 is 5.11 Å². The lowest BCUT2D eigenvalue weighted by atomic mass is 9.78. The largest absolute Gasteiger partial charge is 0.376 e. The normalized spacial score (nSPS) is 15.8. The van der Waals surface area contributed by atoms with Gasteiger partial charge in [0.25, 0.3) is 0 Å².